The van der Waals surface area contributed by atoms with E-state index in [2.05, 4.69) is 15.3 Å². The molecule has 78 valence electrons. The van der Waals surface area contributed by atoms with E-state index >= 15 is 0 Å². The third-order valence-electron chi connectivity index (χ3n) is 1.87. The molecule has 0 aromatic carbocycles. The lowest BCUT2D eigenvalue weighted by atomic mass is 10.4. The number of pyridine rings is 1. The zero-order valence-electron chi connectivity index (χ0n) is 8.40. The average molecular weight is 204 g/mol. The molecule has 0 saturated carbocycles. The number of anilines is 2. The summed E-state index contributed by atoms with van der Waals surface area (Å²) < 4.78 is 5.31. The van der Waals surface area contributed by atoms with E-state index < -0.39 is 0 Å². The molecule has 15 heavy (non-hydrogen) atoms. The Bertz CT molecular complexity index is 452. The number of nitrogen functional groups attached to an aromatic ring is 1. The summed E-state index contributed by atoms with van der Waals surface area (Å²) >= 11 is 0. The van der Waals surface area contributed by atoms with Crippen LogP contribution >= 0.6 is 0 Å². The normalized spacial score (nSPS) is 10.2. The van der Waals surface area contributed by atoms with E-state index in [9.17, 15) is 0 Å². The second kappa shape index (κ2) is 4.00. The van der Waals surface area contributed by atoms with Crippen molar-refractivity contribution in [2.45, 2.75) is 13.5 Å². The third-order valence-corrected chi connectivity index (χ3v) is 1.87. The number of hydrogen-bond acceptors (Lipinski definition) is 5. The molecule has 0 amide bonds. The second-order valence-electron chi connectivity index (χ2n) is 3.23. The number of nitrogens with one attached hydrogen (secondary N) is 1. The summed E-state index contributed by atoms with van der Waals surface area (Å²) in [6.45, 7) is 2.39. The van der Waals surface area contributed by atoms with Crippen LogP contribution in [-0.4, -0.2) is 9.97 Å². The van der Waals surface area contributed by atoms with Crippen molar-refractivity contribution in [2.24, 2.45) is 0 Å². The van der Waals surface area contributed by atoms with E-state index in [1.54, 1.807) is 18.6 Å². The van der Waals surface area contributed by atoms with Crippen LogP contribution in [0.15, 0.2) is 29.1 Å². The van der Waals surface area contributed by atoms with Crippen molar-refractivity contribution in [2.75, 3.05) is 11.1 Å². The monoisotopic (exact) mass is 204 g/mol. The fraction of sp³-hybridized carbons (Fsp3) is 0.200. The highest BCUT2D eigenvalue weighted by Gasteiger charge is 2.00. The van der Waals surface area contributed by atoms with Crippen LogP contribution in [0.1, 0.15) is 11.7 Å². The molecule has 2 aromatic rings. The van der Waals surface area contributed by atoms with Crippen LogP contribution in [0.3, 0.4) is 0 Å². The van der Waals surface area contributed by atoms with Crippen molar-refractivity contribution in [3.63, 3.8) is 0 Å². The SMILES string of the molecule is Cc1cnc(CNc2cncc(N)c2)o1. The molecule has 3 N–H and O–H groups in total. The maximum atomic E-state index is 5.59. The fourth-order valence-corrected chi connectivity index (χ4v) is 1.22. The summed E-state index contributed by atoms with van der Waals surface area (Å²) in [5.74, 6) is 1.45. The Labute approximate surface area is 87.3 Å². The Balaban J connectivity index is 1.99. The maximum Gasteiger partial charge on any atom is 0.213 e. The number of rotatable bonds is 3. The molecule has 2 heterocycles. The molecule has 0 bridgehead atoms. The molecule has 5 heteroatoms. The summed E-state index contributed by atoms with van der Waals surface area (Å²) in [6, 6.07) is 1.81. The van der Waals surface area contributed by atoms with Gasteiger partial charge in [-0.3, -0.25) is 4.98 Å². The molecule has 0 aliphatic rings. The standard InChI is InChI=1S/C10H12N4O/c1-7-3-14-10(15-7)6-13-9-2-8(11)4-12-5-9/h2-5,13H,6,11H2,1H3. The molecule has 0 fully saturated rings. The second-order valence-corrected chi connectivity index (χ2v) is 3.23. The van der Waals surface area contributed by atoms with Gasteiger partial charge in [-0.1, -0.05) is 0 Å². The first kappa shape index (κ1) is 9.51. The molecule has 2 aromatic heterocycles. The largest absolute Gasteiger partial charge is 0.444 e. The molecule has 5 nitrogen and oxygen atoms in total. The van der Waals surface area contributed by atoms with Crippen molar-refractivity contribution in [3.8, 4) is 0 Å². The van der Waals surface area contributed by atoms with Crippen molar-refractivity contribution in [1.29, 1.82) is 0 Å². The first-order valence-electron chi connectivity index (χ1n) is 4.60. The molecular weight excluding hydrogens is 192 g/mol. The fourth-order valence-electron chi connectivity index (χ4n) is 1.22. The van der Waals surface area contributed by atoms with Crippen LogP contribution in [0.5, 0.6) is 0 Å². The number of aryl methyl sites for hydroxylation is 1. The molecule has 0 saturated heterocycles. The van der Waals surface area contributed by atoms with Gasteiger partial charge >= 0.3 is 0 Å². The van der Waals surface area contributed by atoms with E-state index in [1.165, 1.54) is 0 Å². The van der Waals surface area contributed by atoms with Gasteiger partial charge in [-0.25, -0.2) is 4.98 Å². The average Bonchev–Trinajstić information content (AvgIpc) is 2.62. The minimum absolute atomic E-state index is 0.527. The van der Waals surface area contributed by atoms with Gasteiger partial charge in [0.05, 0.1) is 30.3 Å². The van der Waals surface area contributed by atoms with Crippen LogP contribution < -0.4 is 11.1 Å². The van der Waals surface area contributed by atoms with Crippen LogP contribution in [0.4, 0.5) is 11.4 Å². The highest BCUT2D eigenvalue weighted by Crippen LogP contribution is 2.11. The lowest BCUT2D eigenvalue weighted by Gasteiger charge is -2.03. The van der Waals surface area contributed by atoms with Gasteiger partial charge in [-0.05, 0) is 13.0 Å². The Morgan fingerprint density at radius 1 is 1.40 bits per heavy atom. The Hall–Kier alpha value is -2.04. The van der Waals surface area contributed by atoms with Crippen molar-refractivity contribution >= 4 is 11.4 Å². The van der Waals surface area contributed by atoms with Gasteiger partial charge < -0.3 is 15.5 Å². The van der Waals surface area contributed by atoms with Crippen LogP contribution in [0.25, 0.3) is 0 Å². The molecule has 0 spiro atoms. The van der Waals surface area contributed by atoms with Gasteiger partial charge in [0.15, 0.2) is 0 Å². The first-order valence-corrected chi connectivity index (χ1v) is 4.60. The number of nitrogens with zero attached hydrogens (tertiary/aromatic N) is 2. The van der Waals surface area contributed by atoms with Crippen LogP contribution in [0.2, 0.25) is 0 Å². The smallest absolute Gasteiger partial charge is 0.213 e. The van der Waals surface area contributed by atoms with E-state index in [4.69, 9.17) is 10.2 Å². The molecule has 2 rings (SSSR count). The van der Waals surface area contributed by atoms with Gasteiger partial charge in [0, 0.05) is 6.20 Å². The summed E-state index contributed by atoms with van der Waals surface area (Å²) in [4.78, 5) is 8.04. The predicted octanol–water partition coefficient (Wildman–Crippen LogP) is 1.57. The molecular formula is C10H12N4O. The number of aromatic nitrogens is 2. The Kier molecular flexibility index (Phi) is 2.53. The van der Waals surface area contributed by atoms with Crippen molar-refractivity contribution in [3.05, 3.63) is 36.3 Å². The van der Waals surface area contributed by atoms with Crippen LogP contribution in [-0.2, 0) is 6.54 Å². The lowest BCUT2D eigenvalue weighted by molar-refractivity contribution is 0.479. The first-order chi connectivity index (χ1) is 7.24. The number of nitrogens with two attached hydrogens (primary N) is 1. The molecule has 0 atom stereocenters. The van der Waals surface area contributed by atoms with Crippen molar-refractivity contribution in [1.82, 2.24) is 9.97 Å². The predicted molar refractivity (Wildman–Crippen MR) is 57.2 cm³/mol. The van der Waals surface area contributed by atoms with Gasteiger partial charge in [-0.2, -0.15) is 0 Å². The summed E-state index contributed by atoms with van der Waals surface area (Å²) in [6.07, 6.45) is 4.99. The van der Waals surface area contributed by atoms with Gasteiger partial charge in [0.2, 0.25) is 5.89 Å². The van der Waals surface area contributed by atoms with Gasteiger partial charge in [0.1, 0.15) is 5.76 Å². The number of hydrogen-bond donors (Lipinski definition) is 2. The van der Waals surface area contributed by atoms with E-state index in [0.717, 1.165) is 11.4 Å². The number of oxazole rings is 1. The zero-order chi connectivity index (χ0) is 10.7. The van der Waals surface area contributed by atoms with Crippen molar-refractivity contribution < 1.29 is 4.42 Å². The van der Waals surface area contributed by atoms with E-state index in [0.29, 0.717) is 18.1 Å². The highest BCUT2D eigenvalue weighted by molar-refractivity contribution is 5.51. The van der Waals surface area contributed by atoms with Crippen LogP contribution in [0, 0.1) is 6.92 Å². The molecule has 0 radical (unpaired) electrons. The zero-order valence-corrected chi connectivity index (χ0v) is 8.40. The highest BCUT2D eigenvalue weighted by atomic mass is 16.4. The summed E-state index contributed by atoms with van der Waals surface area (Å²) in [5.41, 5.74) is 7.07. The van der Waals surface area contributed by atoms with E-state index in [1.807, 2.05) is 13.0 Å². The minimum atomic E-state index is 0.527. The third kappa shape index (κ3) is 2.46. The van der Waals surface area contributed by atoms with Gasteiger partial charge in [0.25, 0.3) is 0 Å². The molecule has 0 unspecified atom stereocenters. The summed E-state index contributed by atoms with van der Waals surface area (Å²) in [5, 5.41) is 3.12. The molecule has 0 aliphatic carbocycles. The Morgan fingerprint density at radius 2 is 2.27 bits per heavy atom. The molecule has 0 aliphatic heterocycles. The Morgan fingerprint density at radius 3 is 2.93 bits per heavy atom. The maximum absolute atomic E-state index is 5.59. The quantitative estimate of drug-likeness (QED) is 0.793. The lowest BCUT2D eigenvalue weighted by Crippen LogP contribution is -2.00. The van der Waals surface area contributed by atoms with Gasteiger partial charge in [-0.15, -0.1) is 0 Å². The summed E-state index contributed by atoms with van der Waals surface area (Å²) in [7, 11) is 0. The minimum Gasteiger partial charge on any atom is -0.444 e. The van der Waals surface area contributed by atoms with E-state index in [-0.39, 0.29) is 0 Å². The topological polar surface area (TPSA) is 77.0 Å².